The van der Waals surface area contributed by atoms with E-state index in [1.54, 1.807) is 0 Å². The first-order valence-corrected chi connectivity index (χ1v) is 10.7. The van der Waals surface area contributed by atoms with Crippen molar-refractivity contribution < 1.29 is 39.9 Å². The molecule has 4 aromatic carbocycles. The van der Waals surface area contributed by atoms with Gasteiger partial charge in [0.1, 0.15) is 17.4 Å². The molecule has 0 bridgehead atoms. The maximum absolute atomic E-state index is 14.7. The van der Waals surface area contributed by atoms with Crippen LogP contribution in [0.2, 0.25) is 0 Å². The molecule has 0 aliphatic heterocycles. The summed E-state index contributed by atoms with van der Waals surface area (Å²) in [6, 6.07) is 14.2. The first kappa shape index (κ1) is 25.9. The smallest absolute Gasteiger partial charge is 0.426 e. The Hall–Kier alpha value is -4.14. The van der Waals surface area contributed by atoms with Crippen LogP contribution in [-0.2, 0) is 6.11 Å². The van der Waals surface area contributed by atoms with Crippen LogP contribution in [0.3, 0.4) is 0 Å². The molecule has 37 heavy (non-hydrogen) atoms. The first-order chi connectivity index (χ1) is 17.5. The summed E-state index contributed by atoms with van der Waals surface area (Å²) in [5.41, 5.74) is -0.391. The fourth-order valence-corrected chi connectivity index (χ4v) is 3.57. The predicted molar refractivity (Wildman–Crippen MR) is 123 cm³/mol. The van der Waals surface area contributed by atoms with E-state index >= 15 is 0 Å². The number of halogens is 8. The van der Waals surface area contributed by atoms with E-state index in [1.807, 2.05) is 0 Å². The van der Waals surface area contributed by atoms with E-state index in [9.17, 15) is 35.1 Å². The van der Waals surface area contributed by atoms with Crippen molar-refractivity contribution in [1.82, 2.24) is 0 Å². The van der Waals surface area contributed by atoms with Gasteiger partial charge in [-0.3, -0.25) is 0 Å². The Bertz CT molecular complexity index is 1450. The summed E-state index contributed by atoms with van der Waals surface area (Å²) in [4.78, 5) is 0. The molecule has 0 unspecified atom stereocenters. The minimum absolute atomic E-state index is 0.163. The molecule has 0 N–H and O–H groups in total. The van der Waals surface area contributed by atoms with Crippen LogP contribution in [0.15, 0.2) is 84.7 Å². The maximum Gasteiger partial charge on any atom is 0.426 e. The molecule has 0 spiro atoms. The van der Waals surface area contributed by atoms with Gasteiger partial charge in [0.15, 0.2) is 23.3 Å². The summed E-state index contributed by atoms with van der Waals surface area (Å²) < 4.78 is 115. The number of hydrogen-bond acceptors (Lipinski definition) is 1. The molecule has 0 aliphatic carbocycles. The van der Waals surface area contributed by atoms with E-state index in [4.69, 9.17) is 4.74 Å². The fraction of sp³-hybridized carbons (Fsp3) is 0.0714. The van der Waals surface area contributed by atoms with Crippen LogP contribution in [-0.4, -0.2) is 0 Å². The van der Waals surface area contributed by atoms with Crippen LogP contribution in [0.5, 0.6) is 5.75 Å². The highest BCUT2D eigenvalue weighted by atomic mass is 19.3. The van der Waals surface area contributed by atoms with Gasteiger partial charge in [-0.2, -0.15) is 8.78 Å². The summed E-state index contributed by atoms with van der Waals surface area (Å²) in [5, 5.41) is 0. The van der Waals surface area contributed by atoms with Crippen molar-refractivity contribution in [3.05, 3.63) is 119 Å². The summed E-state index contributed by atoms with van der Waals surface area (Å²) in [6.07, 6.45) is -3.79. The molecule has 0 aliphatic rings. The molecule has 190 valence electrons. The van der Waals surface area contributed by atoms with Gasteiger partial charge in [-0.25, -0.2) is 26.3 Å². The molecule has 1 nitrogen and oxygen atoms in total. The number of rotatable bonds is 6. The SMILES string of the molecule is C/C(F)=C(\F)c1ccc(C(F)(F)Oc2ccc(-c3ccc(-c4cc(F)c(F)c(F)c4)c(F)c3)cc2)cc1. The molecule has 0 fully saturated rings. The Balaban J connectivity index is 1.52. The van der Waals surface area contributed by atoms with Gasteiger partial charge in [0.05, 0.1) is 5.56 Å². The van der Waals surface area contributed by atoms with Crippen molar-refractivity contribution in [3.8, 4) is 28.0 Å². The normalized spacial score (nSPS) is 12.4. The van der Waals surface area contributed by atoms with Crippen molar-refractivity contribution >= 4 is 5.83 Å². The van der Waals surface area contributed by atoms with E-state index in [2.05, 4.69) is 0 Å². The molecular weight excluding hydrogens is 504 g/mol. The van der Waals surface area contributed by atoms with Gasteiger partial charge in [-0.05, 0) is 66.1 Å². The summed E-state index contributed by atoms with van der Waals surface area (Å²) in [5.74, 6) is -7.88. The Kier molecular flexibility index (Phi) is 7.07. The number of hydrogen-bond donors (Lipinski definition) is 0. The third kappa shape index (κ3) is 5.50. The van der Waals surface area contributed by atoms with Crippen LogP contribution in [0.4, 0.5) is 35.1 Å². The van der Waals surface area contributed by atoms with E-state index in [0.29, 0.717) is 23.3 Å². The number of allylic oxidation sites excluding steroid dienone is 1. The molecule has 0 saturated carbocycles. The van der Waals surface area contributed by atoms with Crippen LogP contribution in [0, 0.1) is 23.3 Å². The number of ether oxygens (including phenoxy) is 1. The molecule has 0 amide bonds. The second-order valence-corrected chi connectivity index (χ2v) is 8.02. The zero-order valence-corrected chi connectivity index (χ0v) is 18.9. The second-order valence-electron chi connectivity index (χ2n) is 8.02. The summed E-state index contributed by atoms with van der Waals surface area (Å²) in [7, 11) is 0. The summed E-state index contributed by atoms with van der Waals surface area (Å²) in [6.45, 7) is 0.904. The molecule has 0 saturated heterocycles. The van der Waals surface area contributed by atoms with Gasteiger partial charge in [-0.15, -0.1) is 0 Å². The Labute approximate surface area is 206 Å². The highest BCUT2D eigenvalue weighted by molar-refractivity contribution is 5.71. The van der Waals surface area contributed by atoms with Crippen molar-refractivity contribution in [1.29, 1.82) is 0 Å². The minimum atomic E-state index is -3.79. The van der Waals surface area contributed by atoms with Gasteiger partial charge in [-0.1, -0.05) is 36.4 Å². The average molecular weight is 520 g/mol. The molecule has 0 heterocycles. The lowest BCUT2D eigenvalue weighted by Crippen LogP contribution is -2.21. The third-order valence-corrected chi connectivity index (χ3v) is 5.47. The topological polar surface area (TPSA) is 9.23 Å². The molecule has 0 aromatic heterocycles. The van der Waals surface area contributed by atoms with Crippen molar-refractivity contribution in [2.45, 2.75) is 13.0 Å². The maximum atomic E-state index is 14.7. The van der Waals surface area contributed by atoms with E-state index in [-0.39, 0.29) is 22.4 Å². The average Bonchev–Trinajstić information content (AvgIpc) is 2.86. The largest absolute Gasteiger partial charge is 0.429 e. The summed E-state index contributed by atoms with van der Waals surface area (Å²) >= 11 is 0. The quantitative estimate of drug-likeness (QED) is 0.182. The second kappa shape index (κ2) is 10.1. The van der Waals surface area contributed by atoms with Crippen molar-refractivity contribution in [3.63, 3.8) is 0 Å². The molecule has 0 atom stereocenters. The number of alkyl halides is 2. The Morgan fingerprint density at radius 3 is 1.73 bits per heavy atom. The van der Waals surface area contributed by atoms with Gasteiger partial charge < -0.3 is 4.74 Å². The fourth-order valence-electron chi connectivity index (χ4n) is 3.57. The monoisotopic (exact) mass is 520 g/mol. The highest BCUT2D eigenvalue weighted by Gasteiger charge is 2.34. The van der Waals surface area contributed by atoms with Crippen LogP contribution < -0.4 is 4.74 Å². The molecule has 4 rings (SSSR count). The molecular formula is C28H16F8O. The lowest BCUT2D eigenvalue weighted by molar-refractivity contribution is -0.185. The predicted octanol–water partition coefficient (Wildman–Crippen LogP) is 9.33. The van der Waals surface area contributed by atoms with E-state index < -0.39 is 46.6 Å². The highest BCUT2D eigenvalue weighted by Crippen LogP contribution is 2.35. The molecule has 4 aromatic rings. The van der Waals surface area contributed by atoms with Gasteiger partial charge in [0.25, 0.3) is 0 Å². The van der Waals surface area contributed by atoms with Crippen molar-refractivity contribution in [2.75, 3.05) is 0 Å². The van der Waals surface area contributed by atoms with Crippen molar-refractivity contribution in [2.24, 2.45) is 0 Å². The minimum Gasteiger partial charge on any atom is -0.429 e. The van der Waals surface area contributed by atoms with Crippen LogP contribution >= 0.6 is 0 Å². The zero-order valence-electron chi connectivity index (χ0n) is 18.9. The zero-order chi connectivity index (χ0) is 26.9. The van der Waals surface area contributed by atoms with Crippen LogP contribution in [0.1, 0.15) is 18.1 Å². The first-order valence-electron chi connectivity index (χ1n) is 10.7. The Morgan fingerprint density at radius 1 is 0.649 bits per heavy atom. The Morgan fingerprint density at radius 2 is 1.19 bits per heavy atom. The number of benzene rings is 4. The third-order valence-electron chi connectivity index (χ3n) is 5.47. The van der Waals surface area contributed by atoms with Gasteiger partial charge in [0.2, 0.25) is 0 Å². The van der Waals surface area contributed by atoms with Gasteiger partial charge in [0, 0.05) is 11.1 Å². The lowest BCUT2D eigenvalue weighted by Gasteiger charge is -2.19. The van der Waals surface area contributed by atoms with Crippen LogP contribution in [0.25, 0.3) is 28.1 Å². The van der Waals surface area contributed by atoms with E-state index in [1.165, 1.54) is 36.4 Å². The van der Waals surface area contributed by atoms with Gasteiger partial charge >= 0.3 is 6.11 Å². The molecule has 9 heteroatoms. The van der Waals surface area contributed by atoms with E-state index in [0.717, 1.165) is 37.3 Å². The lowest BCUT2D eigenvalue weighted by atomic mass is 9.99. The molecule has 0 radical (unpaired) electrons. The standard InChI is InChI=1S/C28H16F8O/c1-15(29)26(33)17-2-7-20(8-3-17)28(35,36)37-21-9-4-16(5-10-21)18-6-11-22(23(30)12-18)19-13-24(31)27(34)25(32)14-19/h2-14H,1H3/b26-15+.